The summed E-state index contributed by atoms with van der Waals surface area (Å²) in [6.45, 7) is 2.19. The Morgan fingerprint density at radius 3 is 2.47 bits per heavy atom. The molecule has 1 aromatic rings. The van der Waals surface area contributed by atoms with Crippen molar-refractivity contribution in [3.05, 3.63) is 35.9 Å². The summed E-state index contributed by atoms with van der Waals surface area (Å²) in [6.07, 6.45) is 2.15. The molecule has 0 fully saturated rings. The molecule has 0 aromatic heterocycles. The number of thioether (sulfide) groups is 1. The first-order valence-electron chi connectivity index (χ1n) is 6.22. The predicted octanol–water partition coefficient (Wildman–Crippen LogP) is 2.83. The molecule has 0 heterocycles. The normalized spacial score (nSPS) is 14.5. The van der Waals surface area contributed by atoms with Gasteiger partial charge in [0, 0.05) is 17.6 Å². The van der Waals surface area contributed by atoms with Crippen LogP contribution in [0.1, 0.15) is 31.7 Å². The van der Waals surface area contributed by atoms with E-state index >= 15 is 0 Å². The third-order valence-corrected chi connectivity index (χ3v) is 4.21. The van der Waals surface area contributed by atoms with Crippen molar-refractivity contribution in [3.63, 3.8) is 0 Å². The highest BCUT2D eigenvalue weighted by Gasteiger charge is 2.18. The summed E-state index contributed by atoms with van der Waals surface area (Å²) in [6, 6.07) is 10.3. The molecule has 1 rings (SSSR count). The number of hydrogen-bond donors (Lipinski definition) is 2. The van der Waals surface area contributed by atoms with Gasteiger partial charge in [-0.3, -0.25) is 0 Å². The van der Waals surface area contributed by atoms with Crippen molar-refractivity contribution in [2.45, 2.75) is 43.3 Å². The van der Waals surface area contributed by atoms with Gasteiger partial charge in [-0.05, 0) is 18.4 Å². The molecule has 0 aliphatic heterocycles. The second kappa shape index (κ2) is 8.56. The molecular weight excluding hydrogens is 232 g/mol. The molecule has 0 saturated carbocycles. The van der Waals surface area contributed by atoms with E-state index in [-0.39, 0.29) is 11.9 Å². The molecule has 2 atom stereocenters. The second-order valence-electron chi connectivity index (χ2n) is 4.20. The second-order valence-corrected chi connectivity index (χ2v) is 5.43. The van der Waals surface area contributed by atoms with Crippen molar-refractivity contribution in [1.29, 1.82) is 0 Å². The Hall–Kier alpha value is -0.510. The molecule has 17 heavy (non-hydrogen) atoms. The molecular formula is C14H22O2S. The van der Waals surface area contributed by atoms with Gasteiger partial charge in [0.1, 0.15) is 0 Å². The Balaban J connectivity index is 2.43. The van der Waals surface area contributed by atoms with E-state index < -0.39 is 6.10 Å². The number of aliphatic hydroxyl groups excluding tert-OH is 2. The fourth-order valence-corrected chi connectivity index (χ4v) is 3.13. The minimum Gasteiger partial charge on any atom is -0.396 e. The zero-order valence-corrected chi connectivity index (χ0v) is 11.2. The molecule has 0 spiro atoms. The van der Waals surface area contributed by atoms with Gasteiger partial charge in [-0.2, -0.15) is 11.8 Å². The van der Waals surface area contributed by atoms with Crippen molar-refractivity contribution in [1.82, 2.24) is 0 Å². The lowest BCUT2D eigenvalue weighted by Crippen LogP contribution is -2.24. The van der Waals surface area contributed by atoms with Crippen molar-refractivity contribution in [2.75, 3.05) is 6.61 Å². The zero-order chi connectivity index (χ0) is 12.5. The summed E-state index contributed by atoms with van der Waals surface area (Å²) in [4.78, 5) is 0. The molecule has 0 radical (unpaired) electrons. The van der Waals surface area contributed by atoms with Gasteiger partial charge in [0.25, 0.3) is 0 Å². The molecule has 0 aliphatic carbocycles. The number of rotatable bonds is 8. The average molecular weight is 254 g/mol. The standard InChI is InChI=1S/C14H22O2S/c1-2-6-14(13(16)9-10-15)17-11-12-7-4-3-5-8-12/h3-5,7-8,13-16H,2,6,9-11H2,1H3/t13-,14-/m1/s1. The molecule has 3 heteroatoms. The maximum atomic E-state index is 9.94. The Labute approximate surface area is 108 Å². The minimum atomic E-state index is -0.395. The highest BCUT2D eigenvalue weighted by molar-refractivity contribution is 7.99. The summed E-state index contributed by atoms with van der Waals surface area (Å²) in [5.41, 5.74) is 1.29. The predicted molar refractivity (Wildman–Crippen MR) is 74.1 cm³/mol. The summed E-state index contributed by atoms with van der Waals surface area (Å²) >= 11 is 1.79. The van der Waals surface area contributed by atoms with E-state index in [1.807, 2.05) is 18.2 Å². The van der Waals surface area contributed by atoms with Crippen molar-refractivity contribution < 1.29 is 10.2 Å². The minimum absolute atomic E-state index is 0.0628. The largest absolute Gasteiger partial charge is 0.396 e. The van der Waals surface area contributed by atoms with Crippen LogP contribution in [-0.2, 0) is 5.75 Å². The lowest BCUT2D eigenvalue weighted by atomic mass is 10.1. The van der Waals surface area contributed by atoms with E-state index in [1.165, 1.54) is 5.56 Å². The fourth-order valence-electron chi connectivity index (χ4n) is 1.77. The number of aliphatic hydroxyl groups is 2. The van der Waals surface area contributed by atoms with Crippen LogP contribution in [0.5, 0.6) is 0 Å². The highest BCUT2D eigenvalue weighted by atomic mass is 32.2. The Morgan fingerprint density at radius 1 is 1.18 bits per heavy atom. The lowest BCUT2D eigenvalue weighted by molar-refractivity contribution is 0.128. The Kier molecular flexibility index (Phi) is 7.33. The van der Waals surface area contributed by atoms with Gasteiger partial charge in [0.05, 0.1) is 6.10 Å². The highest BCUT2D eigenvalue weighted by Crippen LogP contribution is 2.25. The van der Waals surface area contributed by atoms with Crippen molar-refractivity contribution in [3.8, 4) is 0 Å². The first-order valence-corrected chi connectivity index (χ1v) is 7.27. The van der Waals surface area contributed by atoms with Crippen LogP contribution in [0.2, 0.25) is 0 Å². The van der Waals surface area contributed by atoms with Crippen LogP contribution in [0, 0.1) is 0 Å². The van der Waals surface area contributed by atoms with E-state index in [0.717, 1.165) is 18.6 Å². The van der Waals surface area contributed by atoms with Crippen LogP contribution in [0.15, 0.2) is 30.3 Å². The van der Waals surface area contributed by atoms with Gasteiger partial charge < -0.3 is 10.2 Å². The zero-order valence-electron chi connectivity index (χ0n) is 10.4. The molecule has 0 aliphatic rings. The molecule has 0 amide bonds. The molecule has 0 bridgehead atoms. The summed E-state index contributed by atoms with van der Waals surface area (Å²) in [5.74, 6) is 0.925. The molecule has 96 valence electrons. The van der Waals surface area contributed by atoms with Crippen LogP contribution in [0.3, 0.4) is 0 Å². The van der Waals surface area contributed by atoms with Gasteiger partial charge >= 0.3 is 0 Å². The first-order chi connectivity index (χ1) is 8.27. The van der Waals surface area contributed by atoms with E-state index in [2.05, 4.69) is 19.1 Å². The molecule has 0 saturated heterocycles. The van der Waals surface area contributed by atoms with E-state index in [1.54, 1.807) is 11.8 Å². The maximum Gasteiger partial charge on any atom is 0.0680 e. The van der Waals surface area contributed by atoms with Crippen LogP contribution in [-0.4, -0.2) is 28.2 Å². The SMILES string of the molecule is CCC[C@@H](SCc1ccccc1)[C@H](O)CCO. The quantitative estimate of drug-likeness (QED) is 0.749. The van der Waals surface area contributed by atoms with E-state index in [0.29, 0.717) is 6.42 Å². The topological polar surface area (TPSA) is 40.5 Å². The van der Waals surface area contributed by atoms with Gasteiger partial charge in [-0.15, -0.1) is 0 Å². The third kappa shape index (κ3) is 5.57. The maximum absolute atomic E-state index is 9.94. The van der Waals surface area contributed by atoms with Gasteiger partial charge in [0.2, 0.25) is 0 Å². The average Bonchev–Trinajstić information content (AvgIpc) is 2.36. The van der Waals surface area contributed by atoms with Crippen LogP contribution >= 0.6 is 11.8 Å². The lowest BCUT2D eigenvalue weighted by Gasteiger charge is -2.21. The van der Waals surface area contributed by atoms with Crippen molar-refractivity contribution >= 4 is 11.8 Å². The number of benzene rings is 1. The van der Waals surface area contributed by atoms with Crippen molar-refractivity contribution in [2.24, 2.45) is 0 Å². The third-order valence-electron chi connectivity index (χ3n) is 2.73. The van der Waals surface area contributed by atoms with Gasteiger partial charge in [0.15, 0.2) is 0 Å². The van der Waals surface area contributed by atoms with Gasteiger partial charge in [-0.25, -0.2) is 0 Å². The van der Waals surface area contributed by atoms with E-state index in [9.17, 15) is 5.11 Å². The summed E-state index contributed by atoms with van der Waals surface area (Å²) < 4.78 is 0. The Bertz CT molecular complexity index is 290. The van der Waals surface area contributed by atoms with Crippen LogP contribution in [0.4, 0.5) is 0 Å². The summed E-state index contributed by atoms with van der Waals surface area (Å²) in [5, 5.41) is 19.0. The van der Waals surface area contributed by atoms with Crippen LogP contribution in [0.25, 0.3) is 0 Å². The monoisotopic (exact) mass is 254 g/mol. The summed E-state index contributed by atoms with van der Waals surface area (Å²) in [7, 11) is 0. The van der Waals surface area contributed by atoms with E-state index in [4.69, 9.17) is 5.11 Å². The first kappa shape index (κ1) is 14.6. The number of hydrogen-bond acceptors (Lipinski definition) is 3. The van der Waals surface area contributed by atoms with Crippen LogP contribution < -0.4 is 0 Å². The van der Waals surface area contributed by atoms with Gasteiger partial charge in [-0.1, -0.05) is 43.7 Å². The Morgan fingerprint density at radius 2 is 1.88 bits per heavy atom. The smallest absolute Gasteiger partial charge is 0.0680 e. The molecule has 1 aromatic carbocycles. The fraction of sp³-hybridized carbons (Fsp3) is 0.571. The molecule has 2 N–H and O–H groups in total. The molecule has 2 nitrogen and oxygen atoms in total. The molecule has 0 unspecified atom stereocenters.